The van der Waals surface area contributed by atoms with Gasteiger partial charge in [0.05, 0.1) is 16.7 Å². The van der Waals surface area contributed by atoms with Crippen LogP contribution in [0.5, 0.6) is 0 Å². The number of nitrogens with one attached hydrogen (secondary N) is 1. The summed E-state index contributed by atoms with van der Waals surface area (Å²) in [5.74, 6) is -2.17. The van der Waals surface area contributed by atoms with Gasteiger partial charge in [-0.2, -0.15) is 5.10 Å². The number of amides is 2. The van der Waals surface area contributed by atoms with Crippen molar-refractivity contribution in [1.82, 2.24) is 20.0 Å². The lowest BCUT2D eigenvalue weighted by atomic mass is 9.80. The van der Waals surface area contributed by atoms with Crippen LogP contribution < -0.4 is 5.56 Å². The zero-order chi connectivity index (χ0) is 29.3. The van der Waals surface area contributed by atoms with Crippen LogP contribution in [0.1, 0.15) is 71.9 Å². The molecule has 1 N–H and O–H groups in total. The molecule has 1 aliphatic heterocycles. The molecule has 1 unspecified atom stereocenters. The van der Waals surface area contributed by atoms with Gasteiger partial charge in [0, 0.05) is 37.7 Å². The molecular formula is C32H35FN4O4. The number of hydrogen-bond acceptors (Lipinski definition) is 5. The second kappa shape index (κ2) is 11.4. The topological polar surface area (TPSA) is 103 Å². The molecule has 0 saturated carbocycles. The average molecular weight is 559 g/mol. The van der Waals surface area contributed by atoms with Crippen molar-refractivity contribution in [2.45, 2.75) is 64.3 Å². The highest BCUT2D eigenvalue weighted by Gasteiger charge is 2.40. The summed E-state index contributed by atoms with van der Waals surface area (Å²) >= 11 is 0. The normalized spacial score (nSPS) is 17.2. The van der Waals surface area contributed by atoms with E-state index in [-0.39, 0.29) is 30.8 Å². The fourth-order valence-corrected chi connectivity index (χ4v) is 5.91. The summed E-state index contributed by atoms with van der Waals surface area (Å²) in [6.07, 6.45) is 3.82. The molecule has 0 radical (unpaired) electrons. The Morgan fingerprint density at radius 2 is 1.73 bits per heavy atom. The van der Waals surface area contributed by atoms with Crippen LogP contribution in [0, 0.1) is 5.82 Å². The number of hydrogen-bond donors (Lipinski definition) is 1. The molecular weight excluding hydrogens is 523 g/mol. The minimum Gasteiger partial charge on any atom is -0.335 e. The van der Waals surface area contributed by atoms with E-state index >= 15 is 0 Å². The fourth-order valence-electron chi connectivity index (χ4n) is 5.91. The first-order valence-electron chi connectivity index (χ1n) is 14.2. The van der Waals surface area contributed by atoms with E-state index in [4.69, 9.17) is 0 Å². The van der Waals surface area contributed by atoms with Gasteiger partial charge >= 0.3 is 0 Å². The molecule has 1 aliphatic carbocycles. The van der Waals surface area contributed by atoms with Crippen LogP contribution in [0.3, 0.4) is 0 Å². The van der Waals surface area contributed by atoms with Gasteiger partial charge in [-0.05, 0) is 75.3 Å². The largest absolute Gasteiger partial charge is 0.335 e. The van der Waals surface area contributed by atoms with Crippen LogP contribution in [-0.4, -0.2) is 63.3 Å². The maximum Gasteiger partial charge on any atom is 0.291 e. The SMILES string of the molecule is CC1CN(C(=O)c2cc(Cc3n[nH]c(=O)c4c3CCCC4)ccc2F)CCN1C(=O)C(=O)C(C)(C)c1ccccc1. The van der Waals surface area contributed by atoms with Crippen molar-refractivity contribution in [1.29, 1.82) is 0 Å². The number of nitrogens with zero attached hydrogens (tertiary/aromatic N) is 3. The van der Waals surface area contributed by atoms with Gasteiger partial charge < -0.3 is 9.80 Å². The van der Waals surface area contributed by atoms with Gasteiger partial charge in [-0.1, -0.05) is 36.4 Å². The Balaban J connectivity index is 1.29. The molecule has 2 amide bonds. The van der Waals surface area contributed by atoms with Crippen molar-refractivity contribution in [2.75, 3.05) is 19.6 Å². The molecule has 2 aliphatic rings. The molecule has 0 bridgehead atoms. The molecule has 1 saturated heterocycles. The molecule has 1 atom stereocenters. The first-order chi connectivity index (χ1) is 19.6. The lowest BCUT2D eigenvalue weighted by Crippen LogP contribution is -2.58. The Kier molecular flexibility index (Phi) is 7.89. The van der Waals surface area contributed by atoms with Crippen LogP contribution in [-0.2, 0) is 34.3 Å². The summed E-state index contributed by atoms with van der Waals surface area (Å²) in [4.78, 5) is 55.2. The highest BCUT2D eigenvalue weighted by Crippen LogP contribution is 2.27. The van der Waals surface area contributed by atoms with Crippen LogP contribution in [0.15, 0.2) is 53.3 Å². The molecule has 1 aromatic heterocycles. The van der Waals surface area contributed by atoms with Crippen LogP contribution >= 0.6 is 0 Å². The average Bonchev–Trinajstić information content (AvgIpc) is 2.99. The monoisotopic (exact) mass is 558 g/mol. The molecule has 5 rings (SSSR count). The smallest absolute Gasteiger partial charge is 0.291 e. The van der Waals surface area contributed by atoms with Crippen LogP contribution in [0.4, 0.5) is 4.39 Å². The quantitative estimate of drug-likeness (QED) is 0.466. The predicted molar refractivity (Wildman–Crippen MR) is 152 cm³/mol. The summed E-state index contributed by atoms with van der Waals surface area (Å²) in [6.45, 7) is 5.81. The van der Waals surface area contributed by atoms with Gasteiger partial charge in [-0.15, -0.1) is 0 Å². The van der Waals surface area contributed by atoms with Crippen molar-refractivity contribution in [3.63, 3.8) is 0 Å². The number of aromatic amines is 1. The third kappa shape index (κ3) is 5.58. The first kappa shape index (κ1) is 28.4. The summed E-state index contributed by atoms with van der Waals surface area (Å²) in [5.41, 5.74) is 2.75. The fraction of sp³-hybridized carbons (Fsp3) is 0.406. The number of carbonyl (C=O) groups is 3. The van der Waals surface area contributed by atoms with E-state index in [1.807, 2.05) is 30.3 Å². The van der Waals surface area contributed by atoms with Crippen molar-refractivity contribution < 1.29 is 18.8 Å². The maximum absolute atomic E-state index is 14.9. The number of carbonyl (C=O) groups excluding carboxylic acids is 3. The second-order valence-electron chi connectivity index (χ2n) is 11.6. The van der Waals surface area contributed by atoms with Gasteiger partial charge in [-0.25, -0.2) is 9.49 Å². The Morgan fingerprint density at radius 3 is 2.44 bits per heavy atom. The summed E-state index contributed by atoms with van der Waals surface area (Å²) in [6, 6.07) is 13.2. The number of ketones is 1. The Morgan fingerprint density at radius 1 is 1.02 bits per heavy atom. The minimum absolute atomic E-state index is 0.0472. The molecule has 3 aromatic rings. The van der Waals surface area contributed by atoms with Gasteiger partial charge in [0.1, 0.15) is 5.82 Å². The van der Waals surface area contributed by atoms with Gasteiger partial charge in [-0.3, -0.25) is 19.2 Å². The number of piperazine rings is 1. The van der Waals surface area contributed by atoms with Gasteiger partial charge in [0.15, 0.2) is 0 Å². The predicted octanol–water partition coefficient (Wildman–Crippen LogP) is 3.60. The molecule has 2 heterocycles. The lowest BCUT2D eigenvalue weighted by molar-refractivity contribution is -0.149. The Hall–Kier alpha value is -4.14. The number of Topliss-reactive ketones (excluding diaryl/α,β-unsaturated/α-hetero) is 1. The number of rotatable bonds is 6. The molecule has 1 fully saturated rings. The van der Waals surface area contributed by atoms with E-state index in [1.54, 1.807) is 32.9 Å². The molecule has 8 nitrogen and oxygen atoms in total. The van der Waals surface area contributed by atoms with E-state index in [0.717, 1.165) is 53.6 Å². The number of fused-ring (bicyclic) bond motifs is 1. The van der Waals surface area contributed by atoms with E-state index in [2.05, 4.69) is 10.2 Å². The Bertz CT molecular complexity index is 1550. The first-order valence-corrected chi connectivity index (χ1v) is 14.2. The zero-order valence-electron chi connectivity index (χ0n) is 23.7. The number of halogens is 1. The summed E-state index contributed by atoms with van der Waals surface area (Å²) in [5, 5.41) is 6.85. The van der Waals surface area contributed by atoms with E-state index < -0.39 is 34.9 Å². The zero-order valence-corrected chi connectivity index (χ0v) is 23.7. The molecule has 214 valence electrons. The molecule has 9 heteroatoms. The number of H-pyrrole nitrogens is 1. The second-order valence-corrected chi connectivity index (χ2v) is 11.6. The third-order valence-corrected chi connectivity index (χ3v) is 8.45. The van der Waals surface area contributed by atoms with Crippen LogP contribution in [0.25, 0.3) is 0 Å². The molecule has 0 spiro atoms. The highest BCUT2D eigenvalue weighted by molar-refractivity contribution is 6.39. The number of aromatic nitrogens is 2. The van der Waals surface area contributed by atoms with Gasteiger partial charge in [0.2, 0.25) is 5.78 Å². The number of benzene rings is 2. The minimum atomic E-state index is -0.992. The van der Waals surface area contributed by atoms with E-state index in [0.29, 0.717) is 6.42 Å². The molecule has 2 aromatic carbocycles. The Labute approximate surface area is 238 Å². The third-order valence-electron chi connectivity index (χ3n) is 8.45. The van der Waals surface area contributed by atoms with E-state index in [1.165, 1.54) is 15.9 Å². The van der Waals surface area contributed by atoms with Crippen molar-refractivity contribution in [3.8, 4) is 0 Å². The van der Waals surface area contributed by atoms with Crippen molar-refractivity contribution >= 4 is 17.6 Å². The summed E-state index contributed by atoms with van der Waals surface area (Å²) < 4.78 is 14.9. The molecule has 41 heavy (non-hydrogen) atoms. The van der Waals surface area contributed by atoms with E-state index in [9.17, 15) is 23.6 Å². The highest BCUT2D eigenvalue weighted by atomic mass is 19.1. The van der Waals surface area contributed by atoms with Crippen molar-refractivity contribution in [3.05, 3.63) is 98.2 Å². The summed E-state index contributed by atoms with van der Waals surface area (Å²) in [7, 11) is 0. The lowest BCUT2D eigenvalue weighted by Gasteiger charge is -2.40. The van der Waals surface area contributed by atoms with Crippen molar-refractivity contribution in [2.24, 2.45) is 0 Å². The van der Waals surface area contributed by atoms with Crippen LogP contribution in [0.2, 0.25) is 0 Å². The maximum atomic E-state index is 14.9. The van der Waals surface area contributed by atoms with Gasteiger partial charge in [0.25, 0.3) is 17.4 Å². The standard InChI is InChI=1S/C32H35FN4O4/c1-20-19-36(15-16-37(20)31(41)28(38)32(2,3)22-9-5-4-6-10-22)30(40)25-17-21(13-14-26(25)33)18-27-23-11-7-8-12-24(23)29(39)35-34-27/h4-6,9-10,13-14,17,20H,7-8,11-12,15-16,18-19H2,1-3H3,(H,35,39).